The number of thioether (sulfide) groups is 1. The Morgan fingerprint density at radius 2 is 2.17 bits per heavy atom. The number of nitrogens with zero attached hydrogens (tertiary/aromatic N) is 4. The van der Waals surface area contributed by atoms with Crippen LogP contribution >= 0.6 is 11.8 Å². The van der Waals surface area contributed by atoms with Crippen molar-refractivity contribution in [3.8, 4) is 0 Å². The zero-order valence-corrected chi connectivity index (χ0v) is 12.0. The average Bonchev–Trinajstić information content (AvgIpc) is 3.03. The van der Waals surface area contributed by atoms with Crippen LogP contribution in [0.25, 0.3) is 0 Å². The molecular formula is C12H23N5S. The van der Waals surface area contributed by atoms with Crippen molar-refractivity contribution in [2.75, 3.05) is 18.8 Å². The van der Waals surface area contributed by atoms with Crippen molar-refractivity contribution in [3.05, 3.63) is 0 Å². The van der Waals surface area contributed by atoms with Crippen molar-refractivity contribution in [2.45, 2.75) is 56.6 Å². The van der Waals surface area contributed by atoms with Gasteiger partial charge < -0.3 is 5.32 Å². The number of hydrogen-bond donors (Lipinski definition) is 1. The van der Waals surface area contributed by atoms with E-state index in [1.807, 2.05) is 4.68 Å². The van der Waals surface area contributed by atoms with E-state index in [0.29, 0.717) is 6.04 Å². The standard InChI is InChI=1S/C12H23N5S/c1-2-3-8-13-9-10-18-12-14-15-16-17(12)11-6-4-5-7-11/h11,13H,2-10H2,1H3. The monoisotopic (exact) mass is 269 g/mol. The van der Waals surface area contributed by atoms with Gasteiger partial charge in [-0.2, -0.15) is 0 Å². The van der Waals surface area contributed by atoms with Gasteiger partial charge in [-0.1, -0.05) is 37.9 Å². The first-order chi connectivity index (χ1) is 8.92. The van der Waals surface area contributed by atoms with Gasteiger partial charge in [0.25, 0.3) is 0 Å². The minimum Gasteiger partial charge on any atom is -0.316 e. The molecule has 0 aliphatic heterocycles. The van der Waals surface area contributed by atoms with E-state index in [1.54, 1.807) is 11.8 Å². The molecule has 1 aromatic heterocycles. The third-order valence-electron chi connectivity index (χ3n) is 3.35. The molecule has 0 spiro atoms. The lowest BCUT2D eigenvalue weighted by Gasteiger charge is -2.10. The Hall–Kier alpha value is -0.620. The lowest BCUT2D eigenvalue weighted by atomic mass is 10.3. The topological polar surface area (TPSA) is 55.6 Å². The molecule has 1 heterocycles. The van der Waals surface area contributed by atoms with Crippen molar-refractivity contribution in [3.63, 3.8) is 0 Å². The summed E-state index contributed by atoms with van der Waals surface area (Å²) in [6, 6.07) is 0.538. The smallest absolute Gasteiger partial charge is 0.209 e. The maximum absolute atomic E-state index is 4.14. The van der Waals surface area contributed by atoms with Crippen LogP contribution in [0, 0.1) is 0 Å². The van der Waals surface area contributed by atoms with Crippen LogP contribution in [0.4, 0.5) is 0 Å². The third-order valence-corrected chi connectivity index (χ3v) is 4.29. The van der Waals surface area contributed by atoms with E-state index in [-0.39, 0.29) is 0 Å². The second kappa shape index (κ2) is 7.74. The minimum absolute atomic E-state index is 0.538. The van der Waals surface area contributed by atoms with E-state index in [2.05, 4.69) is 27.8 Å². The maximum Gasteiger partial charge on any atom is 0.209 e. The number of tetrazole rings is 1. The molecule has 102 valence electrons. The Morgan fingerprint density at radius 3 is 2.94 bits per heavy atom. The van der Waals surface area contributed by atoms with Gasteiger partial charge in [0.2, 0.25) is 5.16 Å². The summed E-state index contributed by atoms with van der Waals surface area (Å²) >= 11 is 1.76. The summed E-state index contributed by atoms with van der Waals surface area (Å²) in [6.45, 7) is 4.36. The molecule has 0 unspecified atom stereocenters. The molecule has 6 heteroatoms. The second-order valence-electron chi connectivity index (χ2n) is 4.80. The molecule has 5 nitrogen and oxygen atoms in total. The second-order valence-corrected chi connectivity index (χ2v) is 5.86. The highest BCUT2D eigenvalue weighted by Gasteiger charge is 2.21. The highest BCUT2D eigenvalue weighted by molar-refractivity contribution is 7.99. The fraction of sp³-hybridized carbons (Fsp3) is 0.917. The van der Waals surface area contributed by atoms with E-state index < -0.39 is 0 Å². The summed E-state index contributed by atoms with van der Waals surface area (Å²) < 4.78 is 2.03. The molecule has 1 fully saturated rings. The van der Waals surface area contributed by atoms with Crippen molar-refractivity contribution in [2.24, 2.45) is 0 Å². The van der Waals surface area contributed by atoms with E-state index in [4.69, 9.17) is 0 Å². The lowest BCUT2D eigenvalue weighted by Crippen LogP contribution is -2.18. The predicted octanol–water partition coefficient (Wildman–Crippen LogP) is 2.27. The van der Waals surface area contributed by atoms with Crippen molar-refractivity contribution in [1.82, 2.24) is 25.5 Å². The van der Waals surface area contributed by atoms with Gasteiger partial charge in [-0.3, -0.25) is 0 Å². The Kier molecular flexibility index (Phi) is 5.93. The van der Waals surface area contributed by atoms with E-state index in [0.717, 1.165) is 24.0 Å². The Bertz CT molecular complexity index is 335. The van der Waals surface area contributed by atoms with Crippen LogP contribution in [0.15, 0.2) is 5.16 Å². The Balaban J connectivity index is 1.70. The molecule has 0 radical (unpaired) electrons. The zero-order chi connectivity index (χ0) is 12.6. The van der Waals surface area contributed by atoms with Gasteiger partial charge in [0.05, 0.1) is 6.04 Å². The summed E-state index contributed by atoms with van der Waals surface area (Å²) in [5.74, 6) is 1.04. The van der Waals surface area contributed by atoms with Gasteiger partial charge in [0, 0.05) is 12.3 Å². The molecule has 0 saturated heterocycles. The maximum atomic E-state index is 4.14. The number of rotatable bonds is 8. The van der Waals surface area contributed by atoms with Gasteiger partial charge in [-0.15, -0.1) is 5.10 Å². The molecule has 1 aromatic rings. The van der Waals surface area contributed by atoms with E-state index >= 15 is 0 Å². The molecule has 0 bridgehead atoms. The SMILES string of the molecule is CCCCNCCSc1nnnn1C1CCCC1. The quantitative estimate of drug-likeness (QED) is 0.579. The first-order valence-corrected chi connectivity index (χ1v) is 8.01. The highest BCUT2D eigenvalue weighted by Crippen LogP contribution is 2.31. The van der Waals surface area contributed by atoms with Gasteiger partial charge in [-0.25, -0.2) is 4.68 Å². The van der Waals surface area contributed by atoms with Crippen LogP contribution in [-0.2, 0) is 0 Å². The number of hydrogen-bond acceptors (Lipinski definition) is 5. The summed E-state index contributed by atoms with van der Waals surface area (Å²) in [5, 5.41) is 16.5. The van der Waals surface area contributed by atoms with Crippen LogP contribution in [-0.4, -0.2) is 39.0 Å². The Labute approximate surface area is 113 Å². The molecule has 2 rings (SSSR count). The fourth-order valence-corrected chi connectivity index (χ4v) is 3.14. The van der Waals surface area contributed by atoms with Crippen molar-refractivity contribution < 1.29 is 0 Å². The summed E-state index contributed by atoms with van der Waals surface area (Å²) in [7, 11) is 0. The van der Waals surface area contributed by atoms with Crippen molar-refractivity contribution >= 4 is 11.8 Å². The number of nitrogens with one attached hydrogen (secondary N) is 1. The van der Waals surface area contributed by atoms with Gasteiger partial charge in [0.1, 0.15) is 0 Å². The third kappa shape index (κ3) is 3.95. The molecule has 18 heavy (non-hydrogen) atoms. The fourth-order valence-electron chi connectivity index (χ4n) is 2.30. The molecular weight excluding hydrogens is 246 g/mol. The molecule has 1 N–H and O–H groups in total. The zero-order valence-electron chi connectivity index (χ0n) is 11.1. The first-order valence-electron chi connectivity index (χ1n) is 7.03. The first kappa shape index (κ1) is 13.8. The van der Waals surface area contributed by atoms with E-state index in [1.165, 1.54) is 38.5 Å². The van der Waals surface area contributed by atoms with Crippen LogP contribution in [0.2, 0.25) is 0 Å². The van der Waals surface area contributed by atoms with Crippen LogP contribution in [0.3, 0.4) is 0 Å². The minimum atomic E-state index is 0.538. The van der Waals surface area contributed by atoms with Crippen molar-refractivity contribution in [1.29, 1.82) is 0 Å². The molecule has 1 aliphatic carbocycles. The highest BCUT2D eigenvalue weighted by atomic mass is 32.2. The summed E-state index contributed by atoms with van der Waals surface area (Å²) in [4.78, 5) is 0. The average molecular weight is 269 g/mol. The Morgan fingerprint density at radius 1 is 1.33 bits per heavy atom. The van der Waals surface area contributed by atoms with Gasteiger partial charge in [-0.05, 0) is 36.2 Å². The number of aromatic nitrogens is 4. The normalized spacial score (nSPS) is 16.5. The van der Waals surface area contributed by atoms with Gasteiger partial charge >= 0.3 is 0 Å². The molecule has 0 atom stereocenters. The summed E-state index contributed by atoms with van der Waals surface area (Å²) in [6.07, 6.45) is 7.59. The molecule has 0 amide bonds. The predicted molar refractivity (Wildman–Crippen MR) is 73.8 cm³/mol. The lowest BCUT2D eigenvalue weighted by molar-refractivity contribution is 0.423. The van der Waals surface area contributed by atoms with E-state index in [9.17, 15) is 0 Å². The number of unbranched alkanes of at least 4 members (excludes halogenated alkanes) is 1. The van der Waals surface area contributed by atoms with Gasteiger partial charge in [0.15, 0.2) is 0 Å². The largest absolute Gasteiger partial charge is 0.316 e. The van der Waals surface area contributed by atoms with Crippen LogP contribution in [0.1, 0.15) is 51.5 Å². The molecule has 0 aromatic carbocycles. The summed E-state index contributed by atoms with van der Waals surface area (Å²) in [5.41, 5.74) is 0. The van der Waals surface area contributed by atoms with Crippen LogP contribution in [0.5, 0.6) is 0 Å². The molecule has 1 saturated carbocycles. The van der Waals surface area contributed by atoms with Crippen LogP contribution < -0.4 is 5.32 Å². The molecule has 1 aliphatic rings.